The number of hydrogen-bond acceptors (Lipinski definition) is 3. The molecule has 2 atom stereocenters. The van der Waals surface area contributed by atoms with Gasteiger partial charge in [0.1, 0.15) is 5.82 Å². The zero-order valence-corrected chi connectivity index (χ0v) is 12.7. The quantitative estimate of drug-likeness (QED) is 0.888. The molecule has 0 aliphatic carbocycles. The molecule has 1 aromatic carbocycles. The van der Waals surface area contributed by atoms with E-state index in [1.54, 1.807) is 12.1 Å². The van der Waals surface area contributed by atoms with Gasteiger partial charge in [-0.1, -0.05) is 22.9 Å². The van der Waals surface area contributed by atoms with Crippen molar-refractivity contribution in [2.24, 2.45) is 5.92 Å². The second kappa shape index (κ2) is 6.79. The first-order valence-electron chi connectivity index (χ1n) is 6.64. The van der Waals surface area contributed by atoms with Gasteiger partial charge >= 0.3 is 0 Å². The maximum Gasteiger partial charge on any atom is 0.129 e. The molecule has 0 aromatic heterocycles. The first-order chi connectivity index (χ1) is 9.08. The highest BCUT2D eigenvalue weighted by Crippen LogP contribution is 2.27. The molecule has 2 rings (SSSR count). The van der Waals surface area contributed by atoms with E-state index in [4.69, 9.17) is 0 Å². The minimum atomic E-state index is -0.771. The van der Waals surface area contributed by atoms with Gasteiger partial charge in [0.25, 0.3) is 0 Å². The van der Waals surface area contributed by atoms with Crippen LogP contribution in [0.25, 0.3) is 0 Å². The van der Waals surface area contributed by atoms with Gasteiger partial charge in [-0.25, -0.2) is 4.39 Å². The molecule has 1 aliphatic heterocycles. The number of hydrogen-bond donors (Lipinski definition) is 2. The van der Waals surface area contributed by atoms with E-state index in [0.717, 1.165) is 37.2 Å². The summed E-state index contributed by atoms with van der Waals surface area (Å²) < 4.78 is 14.5. The Balaban J connectivity index is 2.01. The SMILES string of the molecule is CC(CN1CCNCC1)C(O)c1cc(Br)ccc1F. The molecule has 3 nitrogen and oxygen atoms in total. The van der Waals surface area contributed by atoms with Crippen molar-refractivity contribution >= 4 is 15.9 Å². The summed E-state index contributed by atoms with van der Waals surface area (Å²) in [6.07, 6.45) is -0.771. The van der Waals surface area contributed by atoms with E-state index in [0.29, 0.717) is 5.56 Å². The third-order valence-corrected chi connectivity index (χ3v) is 4.06. The van der Waals surface area contributed by atoms with Gasteiger partial charge in [-0.3, -0.25) is 0 Å². The normalized spacial score (nSPS) is 20.2. The molecule has 0 bridgehead atoms. The molecule has 0 saturated carbocycles. The maximum atomic E-state index is 13.8. The minimum absolute atomic E-state index is 0.00176. The van der Waals surface area contributed by atoms with Crippen molar-refractivity contribution in [3.05, 3.63) is 34.1 Å². The van der Waals surface area contributed by atoms with Crippen LogP contribution in [0.15, 0.2) is 22.7 Å². The van der Waals surface area contributed by atoms with E-state index < -0.39 is 6.10 Å². The lowest BCUT2D eigenvalue weighted by Crippen LogP contribution is -2.45. The molecule has 0 amide bonds. The zero-order valence-electron chi connectivity index (χ0n) is 11.1. The molecule has 106 valence electrons. The summed E-state index contributed by atoms with van der Waals surface area (Å²) in [5, 5.41) is 13.6. The minimum Gasteiger partial charge on any atom is -0.388 e. The van der Waals surface area contributed by atoms with Gasteiger partial charge in [0.2, 0.25) is 0 Å². The van der Waals surface area contributed by atoms with Gasteiger partial charge in [0, 0.05) is 42.8 Å². The molecule has 1 aliphatic rings. The molecule has 1 saturated heterocycles. The summed E-state index contributed by atoms with van der Waals surface area (Å²) in [4.78, 5) is 2.31. The fraction of sp³-hybridized carbons (Fsp3) is 0.571. The van der Waals surface area contributed by atoms with Crippen LogP contribution in [0, 0.1) is 11.7 Å². The van der Waals surface area contributed by atoms with Gasteiger partial charge in [0.15, 0.2) is 0 Å². The van der Waals surface area contributed by atoms with Crippen molar-refractivity contribution in [1.82, 2.24) is 10.2 Å². The summed E-state index contributed by atoms with van der Waals surface area (Å²) in [6.45, 7) is 6.68. The molecule has 1 heterocycles. The van der Waals surface area contributed by atoms with Gasteiger partial charge in [-0.15, -0.1) is 0 Å². The highest BCUT2D eigenvalue weighted by Gasteiger charge is 2.23. The standard InChI is InChI=1S/C14H20BrFN2O/c1-10(9-18-6-4-17-5-7-18)14(19)12-8-11(15)2-3-13(12)16/h2-3,8,10,14,17,19H,4-7,9H2,1H3. The number of piperazine rings is 1. The van der Waals surface area contributed by atoms with Crippen LogP contribution in [-0.4, -0.2) is 42.7 Å². The molecule has 2 N–H and O–H groups in total. The highest BCUT2D eigenvalue weighted by molar-refractivity contribution is 9.10. The predicted octanol–water partition coefficient (Wildman–Crippen LogP) is 2.16. The van der Waals surface area contributed by atoms with Crippen LogP contribution in [0.1, 0.15) is 18.6 Å². The van der Waals surface area contributed by atoms with Crippen molar-refractivity contribution in [3.63, 3.8) is 0 Å². The molecular formula is C14H20BrFN2O. The van der Waals surface area contributed by atoms with E-state index in [2.05, 4.69) is 26.1 Å². The summed E-state index contributed by atoms with van der Waals surface area (Å²) in [7, 11) is 0. The Bertz CT molecular complexity index is 424. The van der Waals surface area contributed by atoms with E-state index in [-0.39, 0.29) is 11.7 Å². The van der Waals surface area contributed by atoms with Gasteiger partial charge in [-0.2, -0.15) is 0 Å². The van der Waals surface area contributed by atoms with Crippen molar-refractivity contribution < 1.29 is 9.50 Å². The molecule has 19 heavy (non-hydrogen) atoms. The lowest BCUT2D eigenvalue weighted by atomic mass is 9.96. The van der Waals surface area contributed by atoms with Gasteiger partial charge in [-0.05, 0) is 24.1 Å². The zero-order chi connectivity index (χ0) is 13.8. The van der Waals surface area contributed by atoms with Gasteiger partial charge in [0.05, 0.1) is 6.10 Å². The molecule has 1 fully saturated rings. The third-order valence-electron chi connectivity index (χ3n) is 3.57. The fourth-order valence-corrected chi connectivity index (χ4v) is 2.83. The predicted molar refractivity (Wildman–Crippen MR) is 77.5 cm³/mol. The Morgan fingerprint density at radius 1 is 1.42 bits per heavy atom. The highest BCUT2D eigenvalue weighted by atomic mass is 79.9. The van der Waals surface area contributed by atoms with Crippen molar-refractivity contribution in [2.75, 3.05) is 32.7 Å². The Labute approximate surface area is 121 Å². The average Bonchev–Trinajstić information content (AvgIpc) is 2.42. The Kier molecular flexibility index (Phi) is 5.33. The number of nitrogens with zero attached hydrogens (tertiary/aromatic N) is 1. The van der Waals surface area contributed by atoms with Crippen LogP contribution in [-0.2, 0) is 0 Å². The first kappa shape index (κ1) is 14.9. The molecule has 0 spiro atoms. The second-order valence-corrected chi connectivity index (χ2v) is 6.05. The monoisotopic (exact) mass is 330 g/mol. The molecular weight excluding hydrogens is 311 g/mol. The van der Waals surface area contributed by atoms with Crippen LogP contribution in [0.4, 0.5) is 4.39 Å². The Morgan fingerprint density at radius 3 is 2.79 bits per heavy atom. The summed E-state index contributed by atoms with van der Waals surface area (Å²) in [6, 6.07) is 4.70. The van der Waals surface area contributed by atoms with E-state index in [1.165, 1.54) is 6.07 Å². The van der Waals surface area contributed by atoms with Gasteiger partial charge < -0.3 is 15.3 Å². The number of aliphatic hydroxyl groups is 1. The molecule has 5 heteroatoms. The summed E-state index contributed by atoms with van der Waals surface area (Å²) in [5.41, 5.74) is 0.372. The Morgan fingerprint density at radius 2 is 2.11 bits per heavy atom. The number of nitrogens with one attached hydrogen (secondary N) is 1. The lowest BCUT2D eigenvalue weighted by Gasteiger charge is -2.31. The van der Waals surface area contributed by atoms with Crippen LogP contribution < -0.4 is 5.32 Å². The third kappa shape index (κ3) is 3.99. The largest absolute Gasteiger partial charge is 0.388 e. The Hall–Kier alpha value is -0.490. The number of rotatable bonds is 4. The maximum absolute atomic E-state index is 13.8. The van der Waals surface area contributed by atoms with Crippen LogP contribution in [0.3, 0.4) is 0 Å². The smallest absolute Gasteiger partial charge is 0.129 e. The van der Waals surface area contributed by atoms with Crippen LogP contribution in [0.2, 0.25) is 0 Å². The second-order valence-electron chi connectivity index (χ2n) is 5.14. The number of aliphatic hydroxyl groups excluding tert-OH is 1. The first-order valence-corrected chi connectivity index (χ1v) is 7.43. The number of benzene rings is 1. The van der Waals surface area contributed by atoms with Crippen molar-refractivity contribution in [3.8, 4) is 0 Å². The van der Waals surface area contributed by atoms with E-state index in [1.807, 2.05) is 6.92 Å². The average molecular weight is 331 g/mol. The van der Waals surface area contributed by atoms with E-state index >= 15 is 0 Å². The topological polar surface area (TPSA) is 35.5 Å². The van der Waals surface area contributed by atoms with Crippen LogP contribution in [0.5, 0.6) is 0 Å². The number of halogens is 2. The van der Waals surface area contributed by atoms with E-state index in [9.17, 15) is 9.50 Å². The van der Waals surface area contributed by atoms with Crippen molar-refractivity contribution in [1.29, 1.82) is 0 Å². The fourth-order valence-electron chi connectivity index (χ4n) is 2.45. The molecule has 1 aromatic rings. The van der Waals surface area contributed by atoms with Crippen LogP contribution >= 0.6 is 15.9 Å². The summed E-state index contributed by atoms with van der Waals surface area (Å²) in [5.74, 6) is -0.343. The lowest BCUT2D eigenvalue weighted by molar-refractivity contribution is 0.0814. The molecule has 0 radical (unpaired) electrons. The molecule has 2 unspecified atom stereocenters. The van der Waals surface area contributed by atoms with Crippen molar-refractivity contribution in [2.45, 2.75) is 13.0 Å². The summed E-state index contributed by atoms with van der Waals surface area (Å²) >= 11 is 3.32.